The SMILES string of the molecule is N#CCCSC=C(Br)C#N. The van der Waals surface area contributed by atoms with Gasteiger partial charge >= 0.3 is 0 Å². The van der Waals surface area contributed by atoms with Gasteiger partial charge in [0.2, 0.25) is 0 Å². The summed E-state index contributed by atoms with van der Waals surface area (Å²) in [6, 6.07) is 3.93. The van der Waals surface area contributed by atoms with Gasteiger partial charge in [-0.15, -0.1) is 11.8 Å². The highest BCUT2D eigenvalue weighted by molar-refractivity contribution is 9.12. The Hall–Kier alpha value is -0.450. The van der Waals surface area contributed by atoms with Crippen molar-refractivity contribution >= 4 is 27.7 Å². The van der Waals surface area contributed by atoms with Crippen molar-refractivity contribution in [2.45, 2.75) is 6.42 Å². The second-order valence-corrected chi connectivity index (χ2v) is 3.19. The van der Waals surface area contributed by atoms with Crippen molar-refractivity contribution in [3.05, 3.63) is 9.89 Å². The first-order valence-electron chi connectivity index (χ1n) is 2.55. The minimum Gasteiger partial charge on any atom is -0.198 e. The second-order valence-electron chi connectivity index (χ2n) is 1.36. The number of nitriles is 2. The highest BCUT2D eigenvalue weighted by Crippen LogP contribution is 2.11. The molecule has 0 aliphatic rings. The molecule has 0 bridgehead atoms. The third kappa shape index (κ3) is 5.68. The van der Waals surface area contributed by atoms with Crippen molar-refractivity contribution in [1.29, 1.82) is 10.5 Å². The van der Waals surface area contributed by atoms with Gasteiger partial charge in [-0.05, 0) is 21.3 Å². The van der Waals surface area contributed by atoms with E-state index in [4.69, 9.17) is 10.5 Å². The lowest BCUT2D eigenvalue weighted by Crippen LogP contribution is -1.70. The Morgan fingerprint density at radius 3 is 2.80 bits per heavy atom. The minimum absolute atomic E-state index is 0.510. The number of nitrogens with zero attached hydrogens (tertiary/aromatic N) is 2. The van der Waals surface area contributed by atoms with Crippen molar-refractivity contribution in [1.82, 2.24) is 0 Å². The first kappa shape index (κ1) is 9.55. The largest absolute Gasteiger partial charge is 0.198 e. The molecule has 10 heavy (non-hydrogen) atoms. The van der Waals surface area contributed by atoms with Gasteiger partial charge in [-0.3, -0.25) is 0 Å². The van der Waals surface area contributed by atoms with Gasteiger partial charge in [0, 0.05) is 12.2 Å². The van der Waals surface area contributed by atoms with Crippen LogP contribution in [-0.4, -0.2) is 5.75 Å². The van der Waals surface area contributed by atoms with Crippen LogP contribution in [0.25, 0.3) is 0 Å². The van der Waals surface area contributed by atoms with Crippen LogP contribution in [0.4, 0.5) is 0 Å². The van der Waals surface area contributed by atoms with Crippen LogP contribution < -0.4 is 0 Å². The summed E-state index contributed by atoms with van der Waals surface area (Å²) in [6.07, 6.45) is 0.521. The summed E-state index contributed by atoms with van der Waals surface area (Å²) in [7, 11) is 0. The van der Waals surface area contributed by atoms with Crippen LogP contribution in [0, 0.1) is 22.7 Å². The number of thioether (sulfide) groups is 1. The number of hydrogen-bond acceptors (Lipinski definition) is 3. The summed E-state index contributed by atoms with van der Waals surface area (Å²) in [5, 5.41) is 18.1. The molecule has 0 saturated heterocycles. The van der Waals surface area contributed by atoms with E-state index >= 15 is 0 Å². The Labute approximate surface area is 72.7 Å². The quantitative estimate of drug-likeness (QED) is 0.538. The number of halogens is 1. The standard InChI is InChI=1S/C6H5BrN2S/c7-6(4-9)5-10-3-1-2-8/h5H,1,3H2. The molecular weight excluding hydrogens is 212 g/mol. The van der Waals surface area contributed by atoms with Crippen molar-refractivity contribution in [2.75, 3.05) is 5.75 Å². The first-order valence-corrected chi connectivity index (χ1v) is 4.39. The van der Waals surface area contributed by atoms with E-state index in [1.165, 1.54) is 11.8 Å². The van der Waals surface area contributed by atoms with Gasteiger partial charge in [-0.25, -0.2) is 0 Å². The maximum Gasteiger partial charge on any atom is 0.107 e. The molecule has 0 aliphatic carbocycles. The number of hydrogen-bond donors (Lipinski definition) is 0. The molecule has 0 aromatic heterocycles. The monoisotopic (exact) mass is 216 g/mol. The third-order valence-electron chi connectivity index (χ3n) is 0.625. The molecule has 2 nitrogen and oxygen atoms in total. The molecule has 0 N–H and O–H groups in total. The van der Waals surface area contributed by atoms with Crippen LogP contribution in [-0.2, 0) is 0 Å². The Morgan fingerprint density at radius 1 is 1.60 bits per heavy atom. The van der Waals surface area contributed by atoms with Gasteiger partial charge in [0.1, 0.15) is 10.6 Å². The van der Waals surface area contributed by atoms with Crippen LogP contribution in [0.1, 0.15) is 6.42 Å². The number of allylic oxidation sites excluding steroid dienone is 1. The van der Waals surface area contributed by atoms with Gasteiger partial charge in [-0.2, -0.15) is 10.5 Å². The minimum atomic E-state index is 0.510. The summed E-state index contributed by atoms with van der Waals surface area (Å²) >= 11 is 4.48. The van der Waals surface area contributed by atoms with E-state index < -0.39 is 0 Å². The van der Waals surface area contributed by atoms with Gasteiger partial charge in [0.15, 0.2) is 0 Å². The predicted molar refractivity (Wildman–Crippen MR) is 45.3 cm³/mol. The van der Waals surface area contributed by atoms with Crippen LogP contribution in [0.15, 0.2) is 9.89 Å². The van der Waals surface area contributed by atoms with Crippen molar-refractivity contribution in [3.8, 4) is 12.1 Å². The molecule has 0 heterocycles. The topological polar surface area (TPSA) is 47.6 Å². The fraction of sp³-hybridized carbons (Fsp3) is 0.333. The van der Waals surface area contributed by atoms with Crippen molar-refractivity contribution in [3.63, 3.8) is 0 Å². The lowest BCUT2D eigenvalue weighted by molar-refractivity contribution is 1.24. The van der Waals surface area contributed by atoms with Crippen molar-refractivity contribution < 1.29 is 0 Å². The third-order valence-corrected chi connectivity index (χ3v) is 2.18. The fourth-order valence-corrected chi connectivity index (χ4v) is 1.19. The summed E-state index contributed by atoms with van der Waals surface area (Å²) in [5.74, 6) is 0.743. The maximum absolute atomic E-state index is 8.25. The molecule has 0 aromatic rings. The Balaban J connectivity index is 3.39. The van der Waals surface area contributed by atoms with Crippen LogP contribution >= 0.6 is 27.7 Å². The molecule has 0 amide bonds. The van der Waals surface area contributed by atoms with Gasteiger partial charge in [0.25, 0.3) is 0 Å². The molecule has 52 valence electrons. The highest BCUT2D eigenvalue weighted by Gasteiger charge is 1.86. The van der Waals surface area contributed by atoms with Gasteiger partial charge in [-0.1, -0.05) is 0 Å². The van der Waals surface area contributed by atoms with E-state index in [-0.39, 0.29) is 0 Å². The molecule has 0 atom stereocenters. The highest BCUT2D eigenvalue weighted by atomic mass is 79.9. The van der Waals surface area contributed by atoms with Crippen LogP contribution in [0.5, 0.6) is 0 Å². The van der Waals surface area contributed by atoms with Gasteiger partial charge in [0.05, 0.1) is 6.07 Å². The maximum atomic E-state index is 8.25. The molecule has 0 aliphatic heterocycles. The fourth-order valence-electron chi connectivity index (χ4n) is 0.263. The lowest BCUT2D eigenvalue weighted by atomic mass is 10.6. The zero-order valence-corrected chi connectivity index (χ0v) is 7.57. The number of rotatable bonds is 3. The van der Waals surface area contributed by atoms with E-state index in [2.05, 4.69) is 15.9 Å². The lowest BCUT2D eigenvalue weighted by Gasteiger charge is -1.85. The van der Waals surface area contributed by atoms with E-state index in [1.54, 1.807) is 5.41 Å². The molecule has 0 aromatic carbocycles. The molecular formula is C6H5BrN2S. The normalized spacial score (nSPS) is 10.1. The molecule has 0 radical (unpaired) electrons. The summed E-state index contributed by atoms with van der Waals surface area (Å²) in [5.41, 5.74) is 0. The van der Waals surface area contributed by atoms with E-state index in [9.17, 15) is 0 Å². The average Bonchev–Trinajstić information content (AvgIpc) is 1.98. The van der Waals surface area contributed by atoms with E-state index in [1.807, 2.05) is 12.1 Å². The van der Waals surface area contributed by atoms with E-state index in [0.717, 1.165) is 5.75 Å². The summed E-state index contributed by atoms with van der Waals surface area (Å²) in [4.78, 5) is 0. The molecule has 4 heteroatoms. The molecule has 0 fully saturated rings. The smallest absolute Gasteiger partial charge is 0.107 e. The Morgan fingerprint density at radius 2 is 2.30 bits per heavy atom. The zero-order valence-electron chi connectivity index (χ0n) is 5.17. The zero-order chi connectivity index (χ0) is 7.82. The predicted octanol–water partition coefficient (Wildman–Crippen LogP) is 2.39. The van der Waals surface area contributed by atoms with Crippen molar-refractivity contribution in [2.24, 2.45) is 0 Å². The average molecular weight is 217 g/mol. The Bertz CT molecular complexity index is 199. The van der Waals surface area contributed by atoms with E-state index in [0.29, 0.717) is 10.9 Å². The Kier molecular flexibility index (Phi) is 6.37. The molecule has 0 spiro atoms. The summed E-state index contributed by atoms with van der Waals surface area (Å²) < 4.78 is 0.510. The van der Waals surface area contributed by atoms with Gasteiger partial charge < -0.3 is 0 Å². The molecule has 0 saturated carbocycles. The first-order chi connectivity index (χ1) is 4.81. The van der Waals surface area contributed by atoms with Crippen LogP contribution in [0.3, 0.4) is 0 Å². The van der Waals surface area contributed by atoms with Crippen LogP contribution in [0.2, 0.25) is 0 Å². The second kappa shape index (κ2) is 6.67. The summed E-state index contributed by atoms with van der Waals surface area (Å²) in [6.45, 7) is 0. The molecule has 0 unspecified atom stereocenters. The molecule has 0 rings (SSSR count).